The molecule has 62 valence electrons. The normalized spacial score (nSPS) is 17.8. The van der Waals surface area contributed by atoms with E-state index in [1.807, 2.05) is 12.1 Å². The first-order chi connectivity index (χ1) is 6.21. The van der Waals surface area contributed by atoms with Crippen molar-refractivity contribution in [3.63, 3.8) is 0 Å². The predicted molar refractivity (Wildman–Crippen MR) is 52.1 cm³/mol. The fraction of sp³-hybridized carbons (Fsp3) is 0.0909. The maximum absolute atomic E-state index is 12.7. The van der Waals surface area contributed by atoms with Crippen LogP contribution in [-0.4, -0.2) is 25.8 Å². The Labute approximate surface area is 92.8 Å². The SMILES string of the molecule is Fc1ccc([C]2([Tl])C=CC=C2)cc1. The average molecular weight is 364 g/mol. The molecular weight excluding hydrogens is 356 g/mol. The number of allylic oxidation sites excluding steroid dienone is 4. The topological polar surface area (TPSA) is 0 Å². The van der Waals surface area contributed by atoms with Crippen molar-refractivity contribution in [2.24, 2.45) is 0 Å². The molecule has 0 spiro atoms. The van der Waals surface area contributed by atoms with E-state index in [9.17, 15) is 4.39 Å². The zero-order valence-corrected chi connectivity index (χ0v) is 11.6. The van der Waals surface area contributed by atoms with Crippen LogP contribution in [0.3, 0.4) is 0 Å². The van der Waals surface area contributed by atoms with Gasteiger partial charge in [-0.05, 0) is 0 Å². The first-order valence-electron chi connectivity index (χ1n) is 4.13. The fourth-order valence-electron chi connectivity index (χ4n) is 1.42. The molecule has 13 heavy (non-hydrogen) atoms. The molecule has 0 aliphatic heterocycles. The molecule has 1 aromatic rings. The molecule has 2 rings (SSSR count). The molecule has 0 bridgehead atoms. The van der Waals surface area contributed by atoms with Crippen LogP contribution < -0.4 is 0 Å². The van der Waals surface area contributed by atoms with Gasteiger partial charge in [0.05, 0.1) is 0 Å². The van der Waals surface area contributed by atoms with E-state index in [4.69, 9.17) is 0 Å². The molecule has 0 saturated carbocycles. The number of hydrogen-bond donors (Lipinski definition) is 0. The summed E-state index contributed by atoms with van der Waals surface area (Å²) in [5.74, 6) is -0.164. The van der Waals surface area contributed by atoms with Crippen LogP contribution >= 0.6 is 0 Å². The summed E-state index contributed by atoms with van der Waals surface area (Å²) in [5.41, 5.74) is 1.20. The first kappa shape index (κ1) is 9.12. The van der Waals surface area contributed by atoms with Crippen LogP contribution in [0, 0.1) is 5.82 Å². The van der Waals surface area contributed by atoms with Crippen molar-refractivity contribution >= 4 is 25.8 Å². The zero-order chi connectivity index (χ0) is 9.31. The van der Waals surface area contributed by atoms with Crippen molar-refractivity contribution in [2.45, 2.75) is 2.97 Å². The number of benzene rings is 1. The summed E-state index contributed by atoms with van der Waals surface area (Å²) >= 11 is 0.804. The molecule has 1 aliphatic carbocycles. The Morgan fingerprint density at radius 3 is 2.08 bits per heavy atom. The number of rotatable bonds is 1. The molecule has 0 radical (unpaired) electrons. The number of halogens is 1. The molecule has 1 aliphatic rings. The van der Waals surface area contributed by atoms with Gasteiger partial charge < -0.3 is 0 Å². The van der Waals surface area contributed by atoms with Crippen LogP contribution in [0.1, 0.15) is 5.56 Å². The summed E-state index contributed by atoms with van der Waals surface area (Å²) in [7, 11) is 0. The molecule has 0 saturated heterocycles. The van der Waals surface area contributed by atoms with Crippen molar-refractivity contribution in [1.29, 1.82) is 0 Å². The standard InChI is InChI=1S/C11H8F.Tl/c12-11-7-5-10(6-8-11)9-3-1-2-4-9;/h1-8H;. The summed E-state index contributed by atoms with van der Waals surface area (Å²) in [6.45, 7) is 0. The van der Waals surface area contributed by atoms with Gasteiger partial charge in [0, 0.05) is 0 Å². The van der Waals surface area contributed by atoms with E-state index < -0.39 is 0 Å². The van der Waals surface area contributed by atoms with Gasteiger partial charge >= 0.3 is 93.1 Å². The van der Waals surface area contributed by atoms with Gasteiger partial charge in [-0.2, -0.15) is 0 Å². The summed E-state index contributed by atoms with van der Waals surface area (Å²) in [5, 5.41) is 0. The van der Waals surface area contributed by atoms with Gasteiger partial charge in [-0.1, -0.05) is 0 Å². The third kappa shape index (κ3) is 1.75. The van der Waals surface area contributed by atoms with Gasteiger partial charge in [-0.3, -0.25) is 0 Å². The van der Waals surface area contributed by atoms with Gasteiger partial charge in [0.15, 0.2) is 0 Å². The summed E-state index contributed by atoms with van der Waals surface area (Å²) < 4.78 is 12.8. The van der Waals surface area contributed by atoms with E-state index in [1.54, 1.807) is 0 Å². The first-order valence-corrected chi connectivity index (χ1v) is 6.37. The van der Waals surface area contributed by atoms with Crippen molar-refractivity contribution in [2.75, 3.05) is 0 Å². The van der Waals surface area contributed by atoms with Crippen LogP contribution in [-0.2, 0) is 2.97 Å². The van der Waals surface area contributed by atoms with E-state index in [2.05, 4.69) is 24.3 Å². The molecule has 0 aromatic heterocycles. The minimum atomic E-state index is -0.164. The van der Waals surface area contributed by atoms with E-state index >= 15 is 0 Å². The minimum absolute atomic E-state index is 0.119. The molecule has 0 unspecified atom stereocenters. The van der Waals surface area contributed by atoms with Crippen LogP contribution in [0.25, 0.3) is 0 Å². The van der Waals surface area contributed by atoms with Crippen molar-refractivity contribution in [1.82, 2.24) is 0 Å². The van der Waals surface area contributed by atoms with Gasteiger partial charge in [-0.15, -0.1) is 0 Å². The molecule has 0 heterocycles. The average Bonchev–Trinajstić information content (AvgIpc) is 2.54. The fourth-order valence-corrected chi connectivity index (χ4v) is 3.03. The maximum atomic E-state index is 12.7. The third-order valence-electron chi connectivity index (χ3n) is 2.20. The van der Waals surface area contributed by atoms with Crippen LogP contribution in [0.5, 0.6) is 0 Å². The van der Waals surface area contributed by atoms with Crippen LogP contribution in [0.4, 0.5) is 4.39 Å². The monoisotopic (exact) mass is 364 g/mol. The molecule has 0 atom stereocenters. The van der Waals surface area contributed by atoms with E-state index in [0.29, 0.717) is 0 Å². The van der Waals surface area contributed by atoms with Crippen molar-refractivity contribution in [3.05, 3.63) is 60.0 Å². The summed E-state index contributed by atoms with van der Waals surface area (Å²) in [4.78, 5) is 0. The predicted octanol–water partition coefficient (Wildman–Crippen LogP) is 2.32. The van der Waals surface area contributed by atoms with E-state index in [1.165, 1.54) is 17.7 Å². The molecule has 0 fully saturated rings. The molecule has 1 aromatic carbocycles. The van der Waals surface area contributed by atoms with Crippen molar-refractivity contribution in [3.8, 4) is 0 Å². The second kappa shape index (κ2) is 3.36. The Morgan fingerprint density at radius 2 is 1.54 bits per heavy atom. The molecule has 2 heteroatoms. The Bertz CT molecular complexity index is 350. The quantitative estimate of drug-likeness (QED) is 0.672. The molecular formula is C11H8FTl. The van der Waals surface area contributed by atoms with Gasteiger partial charge in [0.2, 0.25) is 0 Å². The van der Waals surface area contributed by atoms with Gasteiger partial charge in [-0.25, -0.2) is 0 Å². The van der Waals surface area contributed by atoms with Crippen LogP contribution in [0.15, 0.2) is 48.6 Å². The molecule has 0 amide bonds. The summed E-state index contributed by atoms with van der Waals surface area (Å²) in [6, 6.07) is 6.80. The second-order valence-electron chi connectivity index (χ2n) is 3.16. The molecule has 0 N–H and O–H groups in total. The number of hydrogen-bond acceptors (Lipinski definition) is 0. The molecule has 0 nitrogen and oxygen atoms in total. The second-order valence-corrected chi connectivity index (χ2v) is 6.87. The van der Waals surface area contributed by atoms with E-state index in [-0.39, 0.29) is 8.79 Å². The van der Waals surface area contributed by atoms with Crippen molar-refractivity contribution < 1.29 is 4.39 Å². The van der Waals surface area contributed by atoms with E-state index in [0.717, 1.165) is 25.8 Å². The van der Waals surface area contributed by atoms with Gasteiger partial charge in [0.25, 0.3) is 0 Å². The Balaban J connectivity index is 2.41. The summed E-state index contributed by atoms with van der Waals surface area (Å²) in [6.07, 6.45) is 8.49. The zero-order valence-electron chi connectivity index (χ0n) is 7.07. The van der Waals surface area contributed by atoms with Crippen LogP contribution in [0.2, 0.25) is 0 Å². The third-order valence-corrected chi connectivity index (χ3v) is 4.99. The Hall–Kier alpha value is -0.448. The Morgan fingerprint density at radius 1 is 1.00 bits per heavy atom. The van der Waals surface area contributed by atoms with Gasteiger partial charge in [0.1, 0.15) is 0 Å². The Kier molecular flexibility index (Phi) is 2.36.